The average Bonchev–Trinajstić information content (AvgIpc) is 3.18. The molecule has 4 aromatic rings. The van der Waals surface area contributed by atoms with Crippen molar-refractivity contribution < 1.29 is 0 Å². The monoisotopic (exact) mass is 334 g/mol. The summed E-state index contributed by atoms with van der Waals surface area (Å²) < 4.78 is 2.77. The molecule has 0 saturated heterocycles. The fourth-order valence-electron chi connectivity index (χ4n) is 2.51. The molecule has 2 heterocycles. The van der Waals surface area contributed by atoms with Gasteiger partial charge in [-0.2, -0.15) is 10.2 Å². The van der Waals surface area contributed by atoms with Gasteiger partial charge >= 0.3 is 0 Å². The minimum Gasteiger partial charge on any atom is -0.382 e. The number of anilines is 1. The number of para-hydroxylation sites is 2. The number of nitrogens with zero attached hydrogens (tertiary/aromatic N) is 5. The maximum absolute atomic E-state index is 6.28. The topological polar surface area (TPSA) is 81.5 Å². The second-order valence-electron chi connectivity index (χ2n) is 5.12. The Kier molecular flexibility index (Phi) is 3.55. The summed E-state index contributed by atoms with van der Waals surface area (Å²) in [5.74, 6) is 0.445. The molecular formula is C17H14N6S. The first-order chi connectivity index (χ1) is 11.8. The molecule has 0 amide bonds. The lowest BCUT2D eigenvalue weighted by Crippen LogP contribution is -2.01. The molecule has 0 bridgehead atoms. The van der Waals surface area contributed by atoms with Crippen LogP contribution >= 0.6 is 11.3 Å². The van der Waals surface area contributed by atoms with E-state index in [1.165, 1.54) is 0 Å². The number of nitrogen functional groups attached to an aromatic ring is 1. The Labute approximate surface area is 142 Å². The van der Waals surface area contributed by atoms with E-state index in [4.69, 9.17) is 5.73 Å². The summed E-state index contributed by atoms with van der Waals surface area (Å²) in [6.07, 6.45) is 0. The highest BCUT2D eigenvalue weighted by molar-refractivity contribution is 7.21. The number of azo groups is 1. The number of hydrogen-bond donors (Lipinski definition) is 1. The minimum atomic E-state index is 0.445. The number of benzene rings is 2. The van der Waals surface area contributed by atoms with E-state index in [0.29, 0.717) is 17.2 Å². The predicted octanol–water partition coefficient (Wildman–Crippen LogP) is 4.44. The molecule has 0 radical (unpaired) electrons. The maximum atomic E-state index is 6.28. The number of nitrogens with two attached hydrogens (primary N) is 1. The third-order valence-corrected chi connectivity index (χ3v) is 4.64. The molecule has 0 aliphatic carbocycles. The summed E-state index contributed by atoms with van der Waals surface area (Å²) in [5, 5.41) is 13.5. The molecule has 0 aliphatic heterocycles. The highest BCUT2D eigenvalue weighted by Crippen LogP contribution is 2.39. The molecule has 7 heteroatoms. The van der Waals surface area contributed by atoms with Crippen molar-refractivity contribution in [1.82, 2.24) is 14.8 Å². The van der Waals surface area contributed by atoms with Gasteiger partial charge in [0.25, 0.3) is 0 Å². The number of rotatable bonds is 3. The zero-order valence-electron chi connectivity index (χ0n) is 12.9. The second kappa shape index (κ2) is 5.86. The van der Waals surface area contributed by atoms with Gasteiger partial charge in [-0.15, -0.1) is 16.5 Å². The lowest BCUT2D eigenvalue weighted by atomic mass is 10.3. The average molecular weight is 334 g/mol. The van der Waals surface area contributed by atoms with E-state index in [0.717, 1.165) is 20.9 Å². The van der Waals surface area contributed by atoms with Crippen molar-refractivity contribution in [2.45, 2.75) is 0 Å². The summed E-state index contributed by atoms with van der Waals surface area (Å²) in [6.45, 7) is 0. The quantitative estimate of drug-likeness (QED) is 0.562. The van der Waals surface area contributed by atoms with Crippen LogP contribution in [-0.4, -0.2) is 21.8 Å². The third kappa shape index (κ3) is 2.35. The van der Waals surface area contributed by atoms with Crippen LogP contribution in [0.15, 0.2) is 64.8 Å². The fraction of sp³-hybridized carbons (Fsp3) is 0.0588. The van der Waals surface area contributed by atoms with Crippen LogP contribution in [0.5, 0.6) is 0 Å². The Bertz CT molecular complexity index is 999. The zero-order chi connectivity index (χ0) is 16.5. The van der Waals surface area contributed by atoms with Gasteiger partial charge in [-0.1, -0.05) is 30.3 Å². The van der Waals surface area contributed by atoms with Crippen LogP contribution in [0.1, 0.15) is 0 Å². The number of fused-ring (bicyclic) bond motifs is 1. The molecule has 0 saturated carbocycles. The minimum absolute atomic E-state index is 0.445. The van der Waals surface area contributed by atoms with Crippen LogP contribution in [0.4, 0.5) is 11.5 Å². The molecule has 2 aromatic carbocycles. The van der Waals surface area contributed by atoms with Crippen LogP contribution < -0.4 is 5.73 Å². The van der Waals surface area contributed by atoms with Crippen molar-refractivity contribution in [1.29, 1.82) is 0 Å². The molecule has 0 unspecified atom stereocenters. The summed E-state index contributed by atoms with van der Waals surface area (Å²) in [5.41, 5.74) is 9.27. The third-order valence-electron chi connectivity index (χ3n) is 3.59. The van der Waals surface area contributed by atoms with Gasteiger partial charge < -0.3 is 5.73 Å². The number of aromatic nitrogens is 3. The largest absolute Gasteiger partial charge is 0.382 e. The summed E-state index contributed by atoms with van der Waals surface area (Å²) in [7, 11) is 1.61. The van der Waals surface area contributed by atoms with E-state index in [2.05, 4.69) is 20.3 Å². The van der Waals surface area contributed by atoms with Crippen LogP contribution in [0.3, 0.4) is 0 Å². The summed E-state index contributed by atoms with van der Waals surface area (Å²) in [4.78, 5) is 4.66. The van der Waals surface area contributed by atoms with Gasteiger partial charge in [0.2, 0.25) is 0 Å². The standard InChI is InChI=1S/C17H14N6S/c1-19-21-14-15(17-20-12-9-5-6-10-13(12)24-17)22-23(16(14)18)11-7-3-2-4-8-11/h2-10H,18H2,1H3. The molecule has 24 heavy (non-hydrogen) atoms. The van der Waals surface area contributed by atoms with Crippen molar-refractivity contribution in [3.8, 4) is 16.4 Å². The Morgan fingerprint density at radius 2 is 1.79 bits per heavy atom. The Morgan fingerprint density at radius 3 is 2.54 bits per heavy atom. The lowest BCUT2D eigenvalue weighted by Gasteiger charge is -2.02. The smallest absolute Gasteiger partial charge is 0.158 e. The molecule has 0 atom stereocenters. The summed E-state index contributed by atoms with van der Waals surface area (Å²) >= 11 is 1.56. The van der Waals surface area contributed by atoms with E-state index in [1.807, 2.05) is 54.6 Å². The van der Waals surface area contributed by atoms with Crippen molar-refractivity contribution in [3.05, 3.63) is 54.6 Å². The first-order valence-electron chi connectivity index (χ1n) is 7.37. The highest BCUT2D eigenvalue weighted by atomic mass is 32.1. The lowest BCUT2D eigenvalue weighted by molar-refractivity contribution is 0.895. The fourth-order valence-corrected chi connectivity index (χ4v) is 3.46. The molecule has 2 aromatic heterocycles. The van der Waals surface area contributed by atoms with E-state index in [1.54, 1.807) is 23.1 Å². The van der Waals surface area contributed by atoms with Crippen LogP contribution in [0.25, 0.3) is 26.6 Å². The zero-order valence-corrected chi connectivity index (χ0v) is 13.7. The van der Waals surface area contributed by atoms with E-state index in [9.17, 15) is 0 Å². The highest BCUT2D eigenvalue weighted by Gasteiger charge is 2.21. The number of hydrogen-bond acceptors (Lipinski definition) is 6. The molecule has 0 aliphatic rings. The van der Waals surface area contributed by atoms with E-state index < -0.39 is 0 Å². The predicted molar refractivity (Wildman–Crippen MR) is 97.0 cm³/mol. The molecule has 4 rings (SSSR count). The molecule has 0 spiro atoms. The molecule has 2 N–H and O–H groups in total. The van der Waals surface area contributed by atoms with Gasteiger partial charge in [0.05, 0.1) is 15.9 Å². The Morgan fingerprint density at radius 1 is 1.04 bits per heavy atom. The van der Waals surface area contributed by atoms with Crippen LogP contribution in [-0.2, 0) is 0 Å². The van der Waals surface area contributed by atoms with Crippen molar-refractivity contribution in [2.24, 2.45) is 10.2 Å². The Hall–Kier alpha value is -3.06. The van der Waals surface area contributed by atoms with Crippen molar-refractivity contribution >= 4 is 33.1 Å². The SMILES string of the molecule is CN=Nc1c(-c2nc3ccccc3s2)nn(-c2ccccc2)c1N. The van der Waals surface area contributed by atoms with Gasteiger partial charge in [0, 0.05) is 7.05 Å². The molecule has 0 fully saturated rings. The normalized spacial score (nSPS) is 11.5. The first kappa shape index (κ1) is 14.5. The van der Waals surface area contributed by atoms with Gasteiger partial charge in [-0.05, 0) is 24.3 Å². The van der Waals surface area contributed by atoms with Gasteiger partial charge in [-0.25, -0.2) is 9.67 Å². The van der Waals surface area contributed by atoms with E-state index >= 15 is 0 Å². The maximum Gasteiger partial charge on any atom is 0.158 e. The van der Waals surface area contributed by atoms with Crippen molar-refractivity contribution in [3.63, 3.8) is 0 Å². The Balaban J connectivity index is 1.94. The van der Waals surface area contributed by atoms with Crippen LogP contribution in [0, 0.1) is 0 Å². The van der Waals surface area contributed by atoms with E-state index in [-0.39, 0.29) is 0 Å². The number of thiazole rings is 1. The van der Waals surface area contributed by atoms with Gasteiger partial charge in [-0.3, -0.25) is 0 Å². The first-order valence-corrected chi connectivity index (χ1v) is 8.19. The van der Waals surface area contributed by atoms with Crippen molar-refractivity contribution in [2.75, 3.05) is 12.8 Å². The molecule has 118 valence electrons. The molecule has 6 nitrogen and oxygen atoms in total. The van der Waals surface area contributed by atoms with Gasteiger partial charge in [0.15, 0.2) is 17.2 Å². The second-order valence-corrected chi connectivity index (χ2v) is 6.15. The molecular weight excluding hydrogens is 320 g/mol. The summed E-state index contributed by atoms with van der Waals surface area (Å²) in [6, 6.07) is 17.7. The van der Waals surface area contributed by atoms with Crippen LogP contribution in [0.2, 0.25) is 0 Å². The van der Waals surface area contributed by atoms with Gasteiger partial charge in [0.1, 0.15) is 5.01 Å².